The lowest BCUT2D eigenvalue weighted by atomic mass is 9.76. The van der Waals surface area contributed by atoms with Crippen LogP contribution in [-0.4, -0.2) is 53.6 Å². The van der Waals surface area contributed by atoms with Crippen LogP contribution in [0, 0.1) is 11.8 Å². The summed E-state index contributed by atoms with van der Waals surface area (Å²) in [7, 11) is 1.68. The third-order valence-corrected chi connectivity index (χ3v) is 5.51. The second kappa shape index (κ2) is 6.07. The van der Waals surface area contributed by atoms with Crippen molar-refractivity contribution < 1.29 is 9.53 Å². The largest absolute Gasteiger partial charge is 0.378 e. The number of fused-ring (bicyclic) bond motifs is 4. The van der Waals surface area contributed by atoms with Gasteiger partial charge in [0, 0.05) is 45.3 Å². The Kier molecular flexibility index (Phi) is 3.93. The first kappa shape index (κ1) is 14.9. The van der Waals surface area contributed by atoms with Crippen LogP contribution in [0.25, 0.3) is 0 Å². The molecule has 1 aromatic heterocycles. The molecule has 4 heterocycles. The highest BCUT2D eigenvalue weighted by atomic mass is 16.5. The number of carbonyl (C=O) groups is 1. The maximum absolute atomic E-state index is 12.2. The molecule has 2 unspecified atom stereocenters. The van der Waals surface area contributed by atoms with Crippen molar-refractivity contribution in [1.82, 2.24) is 14.9 Å². The molecule has 0 aromatic carbocycles. The van der Waals surface area contributed by atoms with Crippen molar-refractivity contribution in [2.24, 2.45) is 11.8 Å². The number of hydrogen-bond acceptors (Lipinski definition) is 5. The first-order valence-electron chi connectivity index (χ1n) is 8.59. The van der Waals surface area contributed by atoms with Crippen LogP contribution in [0.5, 0.6) is 0 Å². The van der Waals surface area contributed by atoms with Gasteiger partial charge in [-0.1, -0.05) is 0 Å². The van der Waals surface area contributed by atoms with Gasteiger partial charge in [0.05, 0.1) is 12.3 Å². The lowest BCUT2D eigenvalue weighted by molar-refractivity contribution is -0.142. The van der Waals surface area contributed by atoms with E-state index in [2.05, 4.69) is 19.8 Å². The Morgan fingerprint density at radius 3 is 3.09 bits per heavy atom. The second-order valence-corrected chi connectivity index (χ2v) is 7.07. The molecule has 0 spiro atoms. The summed E-state index contributed by atoms with van der Waals surface area (Å²) in [5.74, 6) is 2.51. The van der Waals surface area contributed by atoms with Crippen LogP contribution in [0.4, 0.5) is 5.82 Å². The zero-order valence-electron chi connectivity index (χ0n) is 13.6. The smallest absolute Gasteiger partial charge is 0.222 e. The Bertz CT molecular complexity index is 594. The second-order valence-electron chi connectivity index (χ2n) is 7.07. The van der Waals surface area contributed by atoms with Gasteiger partial charge in [-0.3, -0.25) is 4.79 Å². The molecule has 3 aliphatic heterocycles. The first-order valence-corrected chi connectivity index (χ1v) is 8.59. The molecule has 124 valence electrons. The average Bonchev–Trinajstić information content (AvgIpc) is 2.56. The summed E-state index contributed by atoms with van der Waals surface area (Å²) in [5.41, 5.74) is 0.919. The predicted molar refractivity (Wildman–Crippen MR) is 85.9 cm³/mol. The van der Waals surface area contributed by atoms with Crippen LogP contribution in [0.2, 0.25) is 0 Å². The van der Waals surface area contributed by atoms with Crippen molar-refractivity contribution in [3.05, 3.63) is 18.1 Å². The van der Waals surface area contributed by atoms with E-state index in [0.717, 1.165) is 50.4 Å². The summed E-state index contributed by atoms with van der Waals surface area (Å²) in [6.07, 6.45) is 5.83. The van der Waals surface area contributed by atoms with Crippen molar-refractivity contribution in [3.63, 3.8) is 0 Å². The molecule has 0 radical (unpaired) electrons. The monoisotopic (exact) mass is 316 g/mol. The Hall–Kier alpha value is -1.69. The molecule has 3 aliphatic rings. The number of nitrogens with zero attached hydrogens (tertiary/aromatic N) is 4. The Balaban J connectivity index is 1.53. The normalized spacial score (nSPS) is 30.3. The number of aromatic nitrogens is 2. The van der Waals surface area contributed by atoms with Gasteiger partial charge in [-0.2, -0.15) is 0 Å². The van der Waals surface area contributed by atoms with Crippen molar-refractivity contribution >= 4 is 11.7 Å². The van der Waals surface area contributed by atoms with Gasteiger partial charge < -0.3 is 14.5 Å². The molecule has 6 heteroatoms. The van der Waals surface area contributed by atoms with Crippen LogP contribution in [-0.2, 0) is 16.1 Å². The van der Waals surface area contributed by atoms with Crippen LogP contribution in [0.15, 0.2) is 12.4 Å². The van der Waals surface area contributed by atoms with Crippen LogP contribution < -0.4 is 4.90 Å². The summed E-state index contributed by atoms with van der Waals surface area (Å²) in [6.45, 7) is 3.42. The lowest BCUT2D eigenvalue weighted by Crippen LogP contribution is -2.60. The molecule has 1 amide bonds. The van der Waals surface area contributed by atoms with Crippen LogP contribution >= 0.6 is 0 Å². The van der Waals surface area contributed by atoms with Gasteiger partial charge in [-0.05, 0) is 31.1 Å². The van der Waals surface area contributed by atoms with E-state index in [-0.39, 0.29) is 0 Å². The summed E-state index contributed by atoms with van der Waals surface area (Å²) in [4.78, 5) is 25.5. The molecule has 3 saturated heterocycles. The third-order valence-electron chi connectivity index (χ3n) is 5.51. The first-order chi connectivity index (χ1) is 11.2. The van der Waals surface area contributed by atoms with E-state index in [9.17, 15) is 4.79 Å². The number of ether oxygens (including phenoxy) is 1. The van der Waals surface area contributed by atoms with E-state index in [1.54, 1.807) is 13.4 Å². The summed E-state index contributed by atoms with van der Waals surface area (Å²) in [5, 5.41) is 0. The quantitative estimate of drug-likeness (QED) is 0.845. The van der Waals surface area contributed by atoms with Gasteiger partial charge in [0.2, 0.25) is 5.91 Å². The van der Waals surface area contributed by atoms with E-state index in [0.29, 0.717) is 30.4 Å². The number of methoxy groups -OCH3 is 1. The fourth-order valence-electron chi connectivity index (χ4n) is 4.58. The third kappa shape index (κ3) is 2.80. The molecule has 4 rings (SSSR count). The molecule has 6 nitrogen and oxygen atoms in total. The predicted octanol–water partition coefficient (Wildman–Crippen LogP) is 1.46. The van der Waals surface area contributed by atoms with Gasteiger partial charge in [-0.25, -0.2) is 9.97 Å². The minimum absolute atomic E-state index is 0.369. The van der Waals surface area contributed by atoms with Gasteiger partial charge in [0.15, 0.2) is 0 Å². The zero-order valence-corrected chi connectivity index (χ0v) is 13.6. The molecule has 3 fully saturated rings. The highest BCUT2D eigenvalue weighted by Crippen LogP contribution is 2.38. The van der Waals surface area contributed by atoms with E-state index >= 15 is 0 Å². The molecular weight excluding hydrogens is 292 g/mol. The maximum Gasteiger partial charge on any atom is 0.222 e. The Labute approximate surface area is 136 Å². The molecule has 2 bridgehead atoms. The number of rotatable bonds is 3. The molecule has 1 aromatic rings. The highest BCUT2D eigenvalue weighted by Gasteiger charge is 2.44. The highest BCUT2D eigenvalue weighted by molar-refractivity contribution is 5.77. The van der Waals surface area contributed by atoms with Crippen molar-refractivity contribution in [2.45, 2.75) is 38.3 Å². The zero-order chi connectivity index (χ0) is 15.8. The number of amides is 1. The molecular formula is C17H24N4O2. The molecule has 0 aliphatic carbocycles. The lowest BCUT2D eigenvalue weighted by Gasteiger charge is -2.52. The fourth-order valence-corrected chi connectivity index (χ4v) is 4.58. The van der Waals surface area contributed by atoms with E-state index in [1.807, 2.05) is 6.07 Å². The number of anilines is 1. The van der Waals surface area contributed by atoms with Crippen LogP contribution in [0.3, 0.4) is 0 Å². The molecule has 0 N–H and O–H groups in total. The summed E-state index contributed by atoms with van der Waals surface area (Å²) in [6, 6.07) is 2.48. The topological polar surface area (TPSA) is 58.6 Å². The Morgan fingerprint density at radius 1 is 1.30 bits per heavy atom. The number of carbonyl (C=O) groups excluding carboxylic acids is 1. The number of piperidine rings is 3. The average molecular weight is 316 g/mol. The Morgan fingerprint density at radius 2 is 2.22 bits per heavy atom. The summed E-state index contributed by atoms with van der Waals surface area (Å²) < 4.78 is 5.17. The number of hydrogen-bond donors (Lipinski definition) is 0. The fraction of sp³-hybridized carbons (Fsp3) is 0.706. The van der Waals surface area contributed by atoms with Gasteiger partial charge >= 0.3 is 0 Å². The molecule has 0 saturated carbocycles. The van der Waals surface area contributed by atoms with Crippen molar-refractivity contribution in [2.75, 3.05) is 31.6 Å². The standard InChI is InChI=1S/C17H24N4O2/c1-23-10-14-6-16(19-11-18-14)20-7-12-5-13(9-20)15-3-2-4-17(22)21(15)8-12/h6,11-13,15H,2-5,7-10H2,1H3/t12?,13?,15-/m0/s1. The van der Waals surface area contributed by atoms with Crippen LogP contribution in [0.1, 0.15) is 31.4 Å². The van der Waals surface area contributed by atoms with Crippen molar-refractivity contribution in [1.29, 1.82) is 0 Å². The molecule has 3 atom stereocenters. The van der Waals surface area contributed by atoms with E-state index < -0.39 is 0 Å². The van der Waals surface area contributed by atoms with Gasteiger partial charge in [0.25, 0.3) is 0 Å². The SMILES string of the molecule is COCc1cc(N2CC3CC(C2)[C@@H]2CCCC(=O)N2C3)ncn1. The van der Waals surface area contributed by atoms with E-state index in [4.69, 9.17) is 4.74 Å². The van der Waals surface area contributed by atoms with Gasteiger partial charge in [-0.15, -0.1) is 0 Å². The van der Waals surface area contributed by atoms with Crippen molar-refractivity contribution in [3.8, 4) is 0 Å². The minimum Gasteiger partial charge on any atom is -0.378 e. The maximum atomic E-state index is 12.2. The molecule has 23 heavy (non-hydrogen) atoms. The van der Waals surface area contributed by atoms with E-state index in [1.165, 1.54) is 6.42 Å². The van der Waals surface area contributed by atoms with Gasteiger partial charge in [0.1, 0.15) is 12.1 Å². The minimum atomic E-state index is 0.369. The summed E-state index contributed by atoms with van der Waals surface area (Å²) >= 11 is 0.